The van der Waals surface area contributed by atoms with Gasteiger partial charge in [0.1, 0.15) is 0 Å². The van der Waals surface area contributed by atoms with Crippen LogP contribution in [-0.4, -0.2) is 59.6 Å². The van der Waals surface area contributed by atoms with Gasteiger partial charge in [-0.05, 0) is 30.2 Å². The van der Waals surface area contributed by atoms with Crippen LogP contribution in [0.3, 0.4) is 0 Å². The van der Waals surface area contributed by atoms with Gasteiger partial charge in [-0.1, -0.05) is 48.9 Å². The Morgan fingerprint density at radius 2 is 1.73 bits per heavy atom. The second-order valence-electron chi connectivity index (χ2n) is 8.02. The molecule has 0 aliphatic carbocycles. The van der Waals surface area contributed by atoms with Gasteiger partial charge in [-0.3, -0.25) is 4.79 Å². The van der Waals surface area contributed by atoms with E-state index in [9.17, 15) is 9.59 Å². The van der Waals surface area contributed by atoms with Crippen molar-refractivity contribution in [1.29, 1.82) is 0 Å². The molecule has 4 rings (SSSR count). The molecule has 0 atom stereocenters. The molecule has 2 heterocycles. The van der Waals surface area contributed by atoms with Crippen LogP contribution in [0.25, 0.3) is 22.2 Å². The van der Waals surface area contributed by atoms with E-state index >= 15 is 0 Å². The number of carbonyl (C=O) groups excluding carboxylic acids is 2. The predicted molar refractivity (Wildman–Crippen MR) is 129 cm³/mol. The molecular weight excluding hydrogens is 440 g/mol. The summed E-state index contributed by atoms with van der Waals surface area (Å²) >= 11 is 6.53. The van der Waals surface area contributed by atoms with Gasteiger partial charge in [0.05, 0.1) is 22.8 Å². The van der Waals surface area contributed by atoms with Gasteiger partial charge < -0.3 is 20.3 Å². The molecular formula is C25H27ClN4O3. The van der Waals surface area contributed by atoms with Gasteiger partial charge in [0.2, 0.25) is 0 Å². The number of aromatic nitrogens is 1. The third-order valence-corrected chi connectivity index (χ3v) is 6.06. The number of carbonyl (C=O) groups is 2. The van der Waals surface area contributed by atoms with E-state index in [0.717, 1.165) is 28.6 Å². The largest absolute Gasteiger partial charge is 0.449 e. The lowest BCUT2D eigenvalue weighted by Crippen LogP contribution is -2.50. The molecule has 0 spiro atoms. The van der Waals surface area contributed by atoms with Gasteiger partial charge in [-0.2, -0.15) is 0 Å². The molecule has 3 aromatic rings. The van der Waals surface area contributed by atoms with Crippen LogP contribution in [0.4, 0.5) is 4.79 Å². The summed E-state index contributed by atoms with van der Waals surface area (Å²) in [4.78, 5) is 33.3. The van der Waals surface area contributed by atoms with Crippen molar-refractivity contribution in [3.05, 3.63) is 64.7 Å². The smallest absolute Gasteiger partial charge is 0.409 e. The van der Waals surface area contributed by atoms with Gasteiger partial charge in [-0.15, -0.1) is 0 Å². The fourth-order valence-corrected chi connectivity index (χ4v) is 4.10. The minimum atomic E-state index is -0.319. The first-order valence-electron chi connectivity index (χ1n) is 11.1. The summed E-state index contributed by atoms with van der Waals surface area (Å²) in [6, 6.07) is 15.1. The third kappa shape index (κ3) is 5.10. The first-order valence-corrected chi connectivity index (χ1v) is 11.5. The molecule has 1 aliphatic rings. The number of hydrogen-bond donors (Lipinski definition) is 1. The lowest BCUT2D eigenvalue weighted by molar-refractivity contribution is 0.0560. The Morgan fingerprint density at radius 3 is 2.39 bits per heavy atom. The lowest BCUT2D eigenvalue weighted by Gasteiger charge is -2.34. The molecule has 0 bridgehead atoms. The Bertz CT molecular complexity index is 1160. The average Bonchev–Trinajstić information content (AvgIpc) is 2.86. The molecule has 0 radical (unpaired) electrons. The minimum absolute atomic E-state index is 0.0888. The van der Waals surface area contributed by atoms with Gasteiger partial charge in [0, 0.05) is 49.2 Å². The number of ether oxygens (including phenoxy) is 1. The van der Waals surface area contributed by atoms with Gasteiger partial charge >= 0.3 is 6.09 Å². The number of halogens is 1. The lowest BCUT2D eigenvalue weighted by atomic mass is 10.1. The molecule has 33 heavy (non-hydrogen) atoms. The van der Waals surface area contributed by atoms with Crippen LogP contribution in [0.2, 0.25) is 5.02 Å². The number of pyridine rings is 1. The highest BCUT2D eigenvalue weighted by Crippen LogP contribution is 2.29. The number of hydrogen-bond acceptors (Lipinski definition) is 5. The summed E-state index contributed by atoms with van der Waals surface area (Å²) in [5, 5.41) is 1.37. The molecule has 1 fully saturated rings. The molecule has 2 amide bonds. The maximum atomic E-state index is 13.1. The highest BCUT2D eigenvalue weighted by Gasteiger charge is 2.26. The Morgan fingerprint density at radius 1 is 1.03 bits per heavy atom. The zero-order chi connectivity index (χ0) is 23.4. The predicted octanol–water partition coefficient (Wildman–Crippen LogP) is 4.32. The fourth-order valence-electron chi connectivity index (χ4n) is 3.83. The van der Waals surface area contributed by atoms with E-state index in [1.165, 1.54) is 0 Å². The van der Waals surface area contributed by atoms with Crippen LogP contribution >= 0.6 is 11.6 Å². The highest BCUT2D eigenvalue weighted by atomic mass is 35.5. The first kappa shape index (κ1) is 23.0. The quantitative estimate of drug-likeness (QED) is 0.605. The molecule has 7 nitrogen and oxygen atoms in total. The van der Waals surface area contributed by atoms with Gasteiger partial charge in [0.25, 0.3) is 5.91 Å². The maximum absolute atomic E-state index is 13.1. The maximum Gasteiger partial charge on any atom is 0.409 e. The normalized spacial score (nSPS) is 13.9. The zero-order valence-electron chi connectivity index (χ0n) is 18.6. The van der Waals surface area contributed by atoms with Crippen LogP contribution in [0.1, 0.15) is 29.3 Å². The summed E-state index contributed by atoms with van der Waals surface area (Å²) < 4.78 is 5.19. The molecule has 172 valence electrons. The monoisotopic (exact) mass is 466 g/mol. The number of piperazine rings is 1. The van der Waals surface area contributed by atoms with E-state index in [1.54, 1.807) is 21.9 Å². The number of amides is 2. The van der Waals surface area contributed by atoms with E-state index in [1.807, 2.05) is 43.3 Å². The molecule has 0 saturated carbocycles. The Balaban J connectivity index is 1.52. The van der Waals surface area contributed by atoms with Crippen molar-refractivity contribution in [2.75, 3.05) is 32.8 Å². The Labute approximate surface area is 198 Å². The molecule has 1 aromatic heterocycles. The van der Waals surface area contributed by atoms with E-state index in [2.05, 4.69) is 0 Å². The van der Waals surface area contributed by atoms with Crippen LogP contribution in [0, 0.1) is 0 Å². The topological polar surface area (TPSA) is 88.8 Å². The van der Waals surface area contributed by atoms with Crippen LogP contribution in [-0.2, 0) is 11.3 Å². The van der Waals surface area contributed by atoms with E-state index in [4.69, 9.17) is 27.1 Å². The highest BCUT2D eigenvalue weighted by molar-refractivity contribution is 6.35. The summed E-state index contributed by atoms with van der Waals surface area (Å²) in [5.74, 6) is -0.0888. The molecule has 2 aromatic carbocycles. The van der Waals surface area contributed by atoms with E-state index in [-0.39, 0.29) is 12.0 Å². The van der Waals surface area contributed by atoms with Crippen molar-refractivity contribution in [2.24, 2.45) is 5.73 Å². The van der Waals surface area contributed by atoms with Crippen molar-refractivity contribution in [1.82, 2.24) is 14.8 Å². The average molecular weight is 467 g/mol. The molecule has 8 heteroatoms. The van der Waals surface area contributed by atoms with Crippen molar-refractivity contribution in [2.45, 2.75) is 19.9 Å². The molecule has 2 N–H and O–H groups in total. The summed E-state index contributed by atoms with van der Waals surface area (Å²) in [6.45, 7) is 4.66. The Hall–Kier alpha value is -3.16. The Kier molecular flexibility index (Phi) is 7.11. The number of nitrogens with two attached hydrogens (primary N) is 1. The van der Waals surface area contributed by atoms with E-state index in [0.29, 0.717) is 55.4 Å². The summed E-state index contributed by atoms with van der Waals surface area (Å²) in [5.41, 5.74) is 9.60. The number of fused-ring (bicyclic) bond motifs is 1. The molecule has 1 saturated heterocycles. The standard InChI is InChI=1S/C25H27ClN4O3/c1-2-13-33-25(32)30-11-9-29(10-12-30)24(31)19-7-8-20-21(26)15-22(28-23(20)14-19)18-5-3-17(16-27)4-6-18/h3-8,14-15H,2,9-13,16,27H2,1H3. The minimum Gasteiger partial charge on any atom is -0.449 e. The molecule has 1 aliphatic heterocycles. The van der Waals surface area contributed by atoms with Crippen LogP contribution < -0.4 is 5.73 Å². The van der Waals surface area contributed by atoms with Crippen molar-refractivity contribution in [3.63, 3.8) is 0 Å². The number of rotatable bonds is 5. The van der Waals surface area contributed by atoms with E-state index < -0.39 is 0 Å². The second-order valence-corrected chi connectivity index (χ2v) is 8.42. The van der Waals surface area contributed by atoms with Crippen molar-refractivity contribution >= 4 is 34.5 Å². The SMILES string of the molecule is CCCOC(=O)N1CCN(C(=O)c2ccc3c(Cl)cc(-c4ccc(CN)cc4)nc3c2)CC1. The van der Waals surface area contributed by atoms with Crippen LogP contribution in [0.5, 0.6) is 0 Å². The summed E-state index contributed by atoms with van der Waals surface area (Å²) in [6.07, 6.45) is 0.464. The van der Waals surface area contributed by atoms with Crippen molar-refractivity contribution in [3.8, 4) is 11.3 Å². The van der Waals surface area contributed by atoms with Gasteiger partial charge in [0.15, 0.2) is 0 Å². The third-order valence-electron chi connectivity index (χ3n) is 5.75. The first-order chi connectivity index (χ1) is 16.0. The van der Waals surface area contributed by atoms with Crippen LogP contribution in [0.15, 0.2) is 48.5 Å². The summed E-state index contributed by atoms with van der Waals surface area (Å²) in [7, 11) is 0. The van der Waals surface area contributed by atoms with Gasteiger partial charge in [-0.25, -0.2) is 9.78 Å². The molecule has 0 unspecified atom stereocenters. The number of nitrogens with zero attached hydrogens (tertiary/aromatic N) is 3. The zero-order valence-corrected chi connectivity index (χ0v) is 19.3. The van der Waals surface area contributed by atoms with Crippen molar-refractivity contribution < 1.29 is 14.3 Å². The fraction of sp³-hybridized carbons (Fsp3) is 0.320. The second kappa shape index (κ2) is 10.2. The number of benzene rings is 2.